The van der Waals surface area contributed by atoms with E-state index >= 15 is 0 Å². The van der Waals surface area contributed by atoms with Crippen LogP contribution in [0.2, 0.25) is 0 Å². The molecule has 1 aliphatic heterocycles. The van der Waals surface area contributed by atoms with Gasteiger partial charge in [-0.05, 0) is 30.7 Å². The maximum atomic E-state index is 12.2. The van der Waals surface area contributed by atoms with E-state index in [1.165, 1.54) is 0 Å². The molecule has 130 valence electrons. The first kappa shape index (κ1) is 16.8. The molecular weight excluding hydrogens is 318 g/mol. The number of aromatic nitrogens is 2. The van der Waals surface area contributed by atoms with Crippen LogP contribution in [0.15, 0.2) is 30.5 Å². The first-order valence-electron chi connectivity index (χ1n) is 8.30. The van der Waals surface area contributed by atoms with E-state index < -0.39 is 0 Å². The van der Waals surface area contributed by atoms with E-state index in [9.17, 15) is 4.79 Å². The van der Waals surface area contributed by atoms with Crippen molar-refractivity contribution in [1.82, 2.24) is 20.0 Å². The Morgan fingerprint density at radius 2 is 2.12 bits per heavy atom. The molecule has 2 heterocycles. The monoisotopic (exact) mass is 339 g/mol. The van der Waals surface area contributed by atoms with Gasteiger partial charge in [0.05, 0.1) is 30.4 Å². The summed E-state index contributed by atoms with van der Waals surface area (Å²) in [4.78, 5) is 13.9. The van der Waals surface area contributed by atoms with Crippen LogP contribution in [0.5, 0.6) is 5.75 Å². The average Bonchev–Trinajstić information content (AvgIpc) is 2.96. The summed E-state index contributed by atoms with van der Waals surface area (Å²) in [7, 11) is 1.88. The molecule has 0 spiro atoms. The van der Waals surface area contributed by atoms with E-state index in [1.54, 1.807) is 33.8 Å². The van der Waals surface area contributed by atoms with Gasteiger partial charge in [0.2, 0.25) is 0 Å². The number of benzene rings is 1. The van der Waals surface area contributed by atoms with Crippen LogP contribution in [-0.4, -0.2) is 39.9 Å². The second-order valence-corrected chi connectivity index (χ2v) is 6.07. The Labute approximate surface area is 146 Å². The lowest BCUT2D eigenvalue weighted by molar-refractivity contribution is 0.0443. The Kier molecular flexibility index (Phi) is 4.89. The molecule has 7 nitrogen and oxygen atoms in total. The highest BCUT2D eigenvalue weighted by molar-refractivity contribution is 5.75. The normalized spacial score (nSPS) is 13.9. The van der Waals surface area contributed by atoms with Crippen molar-refractivity contribution in [2.75, 3.05) is 13.1 Å². The van der Waals surface area contributed by atoms with Crippen molar-refractivity contribution < 1.29 is 9.53 Å². The Hall–Kier alpha value is -3.01. The molecule has 1 fully saturated rings. The molecule has 1 aliphatic rings. The molecule has 0 saturated carbocycles. The number of nitrogens with zero attached hydrogens (tertiary/aromatic N) is 4. The number of rotatable bonds is 5. The third-order valence-electron chi connectivity index (χ3n) is 4.18. The van der Waals surface area contributed by atoms with E-state index in [1.807, 2.05) is 20.2 Å². The van der Waals surface area contributed by atoms with Crippen LogP contribution in [0, 0.1) is 11.3 Å². The topological polar surface area (TPSA) is 83.2 Å². The second-order valence-electron chi connectivity index (χ2n) is 6.07. The van der Waals surface area contributed by atoms with Crippen molar-refractivity contribution in [2.24, 2.45) is 7.05 Å². The lowest BCUT2D eigenvalue weighted by Gasteiger charge is -2.38. The highest BCUT2D eigenvalue weighted by Crippen LogP contribution is 2.19. The smallest absolute Gasteiger partial charge is 0.317 e. The lowest BCUT2D eigenvalue weighted by Crippen LogP contribution is -2.58. The molecule has 0 aliphatic carbocycles. The van der Waals surface area contributed by atoms with Gasteiger partial charge in [0, 0.05) is 25.4 Å². The zero-order chi connectivity index (χ0) is 17.8. The Morgan fingerprint density at radius 3 is 2.76 bits per heavy atom. The first-order valence-corrected chi connectivity index (χ1v) is 8.30. The van der Waals surface area contributed by atoms with Crippen molar-refractivity contribution in [3.8, 4) is 11.8 Å². The van der Waals surface area contributed by atoms with Crippen molar-refractivity contribution in [3.63, 3.8) is 0 Å². The van der Waals surface area contributed by atoms with Crippen LogP contribution in [0.3, 0.4) is 0 Å². The summed E-state index contributed by atoms with van der Waals surface area (Å²) in [5.41, 5.74) is 2.65. The number of amides is 2. The minimum absolute atomic E-state index is 0.0109. The summed E-state index contributed by atoms with van der Waals surface area (Å²) in [5, 5.41) is 16.1. The van der Waals surface area contributed by atoms with E-state index in [0.717, 1.165) is 17.7 Å². The lowest BCUT2D eigenvalue weighted by atomic mass is 10.1. The number of nitriles is 1. The minimum atomic E-state index is -0.0921. The van der Waals surface area contributed by atoms with Crippen LogP contribution in [-0.2, 0) is 20.0 Å². The maximum absolute atomic E-state index is 12.2. The van der Waals surface area contributed by atoms with Gasteiger partial charge in [-0.2, -0.15) is 10.4 Å². The molecule has 1 N–H and O–H groups in total. The molecule has 1 aromatic carbocycles. The fourth-order valence-corrected chi connectivity index (χ4v) is 2.79. The average molecular weight is 339 g/mol. The van der Waals surface area contributed by atoms with Gasteiger partial charge >= 0.3 is 6.03 Å². The number of aryl methyl sites for hydroxylation is 2. The highest BCUT2D eigenvalue weighted by Gasteiger charge is 2.32. The Morgan fingerprint density at radius 1 is 1.40 bits per heavy atom. The summed E-state index contributed by atoms with van der Waals surface area (Å²) < 4.78 is 7.56. The van der Waals surface area contributed by atoms with E-state index in [4.69, 9.17) is 10.00 Å². The number of urea groups is 1. The fourth-order valence-electron chi connectivity index (χ4n) is 2.79. The number of hydrogen-bond donors (Lipinski definition) is 1. The van der Waals surface area contributed by atoms with Gasteiger partial charge < -0.3 is 15.0 Å². The maximum Gasteiger partial charge on any atom is 0.317 e. The van der Waals surface area contributed by atoms with E-state index in [2.05, 4.69) is 16.5 Å². The van der Waals surface area contributed by atoms with Gasteiger partial charge in [0.1, 0.15) is 11.9 Å². The molecule has 1 saturated heterocycles. The summed E-state index contributed by atoms with van der Waals surface area (Å²) in [5.74, 6) is 0.715. The predicted molar refractivity (Wildman–Crippen MR) is 92.0 cm³/mol. The largest absolute Gasteiger partial charge is 0.487 e. The number of carbonyl (C=O) groups is 1. The predicted octanol–water partition coefficient (Wildman–Crippen LogP) is 1.83. The SMILES string of the molecule is CCc1nn(C)cc1CNC(=O)N1CC(Oc2ccc(C#N)cc2)C1. The Bertz CT molecular complexity index is 785. The third kappa shape index (κ3) is 3.91. The number of nitrogens with one attached hydrogen (secondary N) is 1. The quantitative estimate of drug-likeness (QED) is 0.901. The van der Waals surface area contributed by atoms with Gasteiger partial charge in [-0.25, -0.2) is 4.79 Å². The summed E-state index contributed by atoms with van der Waals surface area (Å²) in [6.45, 7) is 3.64. The third-order valence-corrected chi connectivity index (χ3v) is 4.18. The molecule has 2 aromatic rings. The summed E-state index contributed by atoms with van der Waals surface area (Å²) >= 11 is 0. The number of carbonyl (C=O) groups excluding carboxylic acids is 1. The fraction of sp³-hybridized carbons (Fsp3) is 0.389. The molecule has 7 heteroatoms. The van der Waals surface area contributed by atoms with Crippen LogP contribution >= 0.6 is 0 Å². The zero-order valence-electron chi connectivity index (χ0n) is 14.4. The van der Waals surface area contributed by atoms with Crippen molar-refractivity contribution in [3.05, 3.63) is 47.3 Å². The second kappa shape index (κ2) is 7.26. The standard InChI is InChI=1S/C18H21N5O2/c1-3-17-14(10-22(2)21-17)9-20-18(24)23-11-16(12-23)25-15-6-4-13(8-19)5-7-15/h4-7,10,16H,3,9,11-12H2,1-2H3,(H,20,24). The molecule has 25 heavy (non-hydrogen) atoms. The van der Waals surface area contributed by atoms with Crippen LogP contribution in [0.25, 0.3) is 0 Å². The van der Waals surface area contributed by atoms with Crippen molar-refractivity contribution in [2.45, 2.75) is 26.0 Å². The van der Waals surface area contributed by atoms with Gasteiger partial charge in [-0.1, -0.05) is 6.92 Å². The molecule has 0 unspecified atom stereocenters. The number of likely N-dealkylation sites (tertiary alicyclic amines) is 1. The molecule has 0 bridgehead atoms. The van der Waals surface area contributed by atoms with E-state index in [0.29, 0.717) is 30.9 Å². The molecule has 0 atom stereocenters. The molecule has 1 aromatic heterocycles. The molecular formula is C18H21N5O2. The summed E-state index contributed by atoms with van der Waals surface area (Å²) in [6, 6.07) is 8.97. The minimum Gasteiger partial charge on any atom is -0.487 e. The number of ether oxygens (including phenoxy) is 1. The number of hydrogen-bond acceptors (Lipinski definition) is 4. The van der Waals surface area contributed by atoms with E-state index in [-0.39, 0.29) is 12.1 Å². The van der Waals surface area contributed by atoms with Crippen LogP contribution in [0.1, 0.15) is 23.7 Å². The van der Waals surface area contributed by atoms with Gasteiger partial charge in [-0.3, -0.25) is 4.68 Å². The van der Waals surface area contributed by atoms with Gasteiger partial charge in [0.25, 0.3) is 0 Å². The summed E-state index contributed by atoms with van der Waals surface area (Å²) in [6.07, 6.45) is 2.77. The highest BCUT2D eigenvalue weighted by atomic mass is 16.5. The zero-order valence-corrected chi connectivity index (χ0v) is 14.4. The first-order chi connectivity index (χ1) is 12.1. The molecule has 3 rings (SSSR count). The molecule has 2 amide bonds. The van der Waals surface area contributed by atoms with Crippen molar-refractivity contribution in [1.29, 1.82) is 5.26 Å². The Balaban J connectivity index is 1.44. The van der Waals surface area contributed by atoms with Crippen LogP contribution < -0.4 is 10.1 Å². The van der Waals surface area contributed by atoms with Gasteiger partial charge in [0.15, 0.2) is 0 Å². The van der Waals surface area contributed by atoms with Crippen LogP contribution in [0.4, 0.5) is 4.79 Å². The van der Waals surface area contributed by atoms with Crippen molar-refractivity contribution >= 4 is 6.03 Å². The molecule has 0 radical (unpaired) electrons. The van der Waals surface area contributed by atoms with Gasteiger partial charge in [-0.15, -0.1) is 0 Å².